The molecule has 0 bridgehead atoms. The van der Waals surface area contributed by atoms with Crippen molar-refractivity contribution in [3.63, 3.8) is 0 Å². The summed E-state index contributed by atoms with van der Waals surface area (Å²) in [5.41, 5.74) is 6.45. The van der Waals surface area contributed by atoms with Gasteiger partial charge >= 0.3 is 11.9 Å². The Morgan fingerprint density at radius 1 is 1.14 bits per heavy atom. The number of nitrogens with one attached hydrogen (secondary N) is 1. The summed E-state index contributed by atoms with van der Waals surface area (Å²) in [5, 5.41) is 0.216. The second kappa shape index (κ2) is 6.96. The first kappa shape index (κ1) is 19.1. The number of aromatic amines is 1. The molecule has 6 nitrogen and oxygen atoms in total. The van der Waals surface area contributed by atoms with E-state index in [0.29, 0.717) is 11.2 Å². The summed E-state index contributed by atoms with van der Waals surface area (Å²) in [6.07, 6.45) is -0.992. The maximum absolute atomic E-state index is 13.2. The Labute approximate surface area is 166 Å². The molecule has 3 N–H and O–H groups in total. The minimum atomic E-state index is -4.55. The van der Waals surface area contributed by atoms with Crippen LogP contribution in [0.1, 0.15) is 11.1 Å². The Bertz CT molecular complexity index is 1260. The first-order valence-corrected chi connectivity index (χ1v) is 9.18. The van der Waals surface area contributed by atoms with E-state index in [9.17, 15) is 18.0 Å². The van der Waals surface area contributed by atoms with Crippen molar-refractivity contribution in [2.24, 2.45) is 0 Å². The van der Waals surface area contributed by atoms with Gasteiger partial charge < -0.3 is 10.7 Å². The van der Waals surface area contributed by atoms with Crippen LogP contribution in [-0.4, -0.2) is 18.9 Å². The highest BCUT2D eigenvalue weighted by molar-refractivity contribution is 7.98. The molecule has 0 aliphatic heterocycles. The largest absolute Gasteiger partial charge is 0.417 e. The van der Waals surface area contributed by atoms with E-state index in [1.54, 1.807) is 10.2 Å². The molecule has 148 valence electrons. The summed E-state index contributed by atoms with van der Waals surface area (Å²) in [4.78, 5) is 22.6. The summed E-state index contributed by atoms with van der Waals surface area (Å²) in [6.45, 7) is 1.96. The Morgan fingerprint density at radius 2 is 1.86 bits per heavy atom. The van der Waals surface area contributed by atoms with Gasteiger partial charge in [-0.25, -0.2) is 9.78 Å². The van der Waals surface area contributed by atoms with E-state index in [-0.39, 0.29) is 16.8 Å². The number of hydrogen-bond donors (Lipinski definition) is 2. The number of nitrogens with zero attached hydrogens (tertiary/aromatic N) is 3. The van der Waals surface area contributed by atoms with Crippen molar-refractivity contribution in [2.45, 2.75) is 18.0 Å². The second-order valence-electron chi connectivity index (χ2n) is 6.38. The van der Waals surface area contributed by atoms with Crippen molar-refractivity contribution >= 4 is 28.7 Å². The van der Waals surface area contributed by atoms with Gasteiger partial charge in [-0.3, -0.25) is 3.97 Å². The van der Waals surface area contributed by atoms with Crippen molar-refractivity contribution in [2.75, 3.05) is 5.73 Å². The number of aryl methyl sites for hydroxylation is 1. The molecule has 0 aliphatic carbocycles. The number of alkyl halides is 3. The molecule has 0 amide bonds. The molecule has 0 aliphatic rings. The van der Waals surface area contributed by atoms with Gasteiger partial charge in [0.15, 0.2) is 5.65 Å². The normalized spacial score (nSPS) is 11.9. The van der Waals surface area contributed by atoms with Crippen molar-refractivity contribution in [1.82, 2.24) is 18.9 Å². The van der Waals surface area contributed by atoms with Gasteiger partial charge in [0.1, 0.15) is 0 Å². The fraction of sp³-hybridized carbons (Fsp3) is 0.105. The van der Waals surface area contributed by atoms with E-state index >= 15 is 0 Å². The van der Waals surface area contributed by atoms with E-state index < -0.39 is 17.4 Å². The number of nitrogen functional groups attached to an aromatic ring is 1. The molecule has 0 unspecified atom stereocenters. The average Bonchev–Trinajstić information content (AvgIpc) is 3.02. The minimum absolute atomic E-state index is 0.140. The summed E-state index contributed by atoms with van der Waals surface area (Å²) in [7, 11) is 0. The first-order valence-electron chi connectivity index (χ1n) is 8.41. The number of fused-ring (bicyclic) bond motifs is 1. The van der Waals surface area contributed by atoms with Gasteiger partial charge in [-0.2, -0.15) is 18.2 Å². The molecule has 1 aromatic carbocycles. The molecule has 0 saturated heterocycles. The van der Waals surface area contributed by atoms with Gasteiger partial charge in [0.05, 0.1) is 23.1 Å². The van der Waals surface area contributed by atoms with Crippen LogP contribution in [0, 0.1) is 6.92 Å². The van der Waals surface area contributed by atoms with Gasteiger partial charge in [0, 0.05) is 28.2 Å². The number of benzene rings is 1. The van der Waals surface area contributed by atoms with Crippen LogP contribution in [0.3, 0.4) is 0 Å². The first-order chi connectivity index (χ1) is 13.7. The third-order valence-electron chi connectivity index (χ3n) is 4.27. The van der Waals surface area contributed by atoms with Crippen molar-refractivity contribution in [1.29, 1.82) is 0 Å². The quantitative estimate of drug-likeness (QED) is 0.520. The minimum Gasteiger partial charge on any atom is -0.396 e. The van der Waals surface area contributed by atoms with Gasteiger partial charge in [0.2, 0.25) is 0 Å². The summed E-state index contributed by atoms with van der Waals surface area (Å²) in [5.74, 6) is 0. The molecule has 0 fully saturated rings. The molecule has 0 radical (unpaired) electrons. The number of anilines is 1. The number of H-pyrrole nitrogens is 1. The summed E-state index contributed by atoms with van der Waals surface area (Å²) < 4.78 is 41.4. The van der Waals surface area contributed by atoms with E-state index in [1.165, 1.54) is 18.1 Å². The lowest BCUT2D eigenvalue weighted by Crippen LogP contribution is -2.12. The molecule has 4 rings (SSSR count). The zero-order chi connectivity index (χ0) is 20.8. The van der Waals surface area contributed by atoms with E-state index in [2.05, 4.69) is 15.0 Å². The number of pyridine rings is 1. The lowest BCUT2D eigenvalue weighted by Gasteiger charge is -2.08. The third kappa shape index (κ3) is 3.70. The molecular weight excluding hydrogens is 403 g/mol. The van der Waals surface area contributed by atoms with E-state index in [1.807, 2.05) is 31.2 Å². The van der Waals surface area contributed by atoms with E-state index in [0.717, 1.165) is 22.7 Å². The van der Waals surface area contributed by atoms with Gasteiger partial charge in [-0.1, -0.05) is 17.7 Å². The summed E-state index contributed by atoms with van der Waals surface area (Å²) >= 11 is 1.29. The molecule has 4 aromatic rings. The number of rotatable bonds is 3. The highest BCUT2D eigenvalue weighted by Gasteiger charge is 2.32. The molecule has 3 heterocycles. The van der Waals surface area contributed by atoms with Gasteiger partial charge in [-0.05, 0) is 37.1 Å². The molecule has 0 spiro atoms. The van der Waals surface area contributed by atoms with Gasteiger partial charge in [0.25, 0.3) is 0 Å². The predicted molar refractivity (Wildman–Crippen MR) is 105 cm³/mol. The molecule has 29 heavy (non-hydrogen) atoms. The number of aromatic nitrogens is 4. The lowest BCUT2D eigenvalue weighted by molar-refractivity contribution is -0.137. The second-order valence-corrected chi connectivity index (χ2v) is 7.43. The van der Waals surface area contributed by atoms with Crippen LogP contribution in [0.2, 0.25) is 0 Å². The Balaban J connectivity index is 1.94. The lowest BCUT2D eigenvalue weighted by atomic mass is 10.1. The molecular formula is C19H14F3N5OS. The van der Waals surface area contributed by atoms with Crippen LogP contribution in [0.4, 0.5) is 18.9 Å². The SMILES string of the molecule is Cc1ccc(Sn2cc(-c3[nH]c(=O)ncc3N)c3cc(C(F)(F)F)cnc32)cc1. The molecule has 3 aromatic heterocycles. The Kier molecular flexibility index (Phi) is 4.58. The van der Waals surface area contributed by atoms with Crippen LogP contribution >= 0.6 is 11.9 Å². The van der Waals surface area contributed by atoms with Crippen LogP contribution in [0.25, 0.3) is 22.3 Å². The molecule has 0 atom stereocenters. The van der Waals surface area contributed by atoms with Gasteiger partial charge in [-0.15, -0.1) is 0 Å². The fourth-order valence-electron chi connectivity index (χ4n) is 2.84. The molecule has 10 heteroatoms. The number of halogens is 3. The fourth-order valence-corrected chi connectivity index (χ4v) is 3.72. The number of hydrogen-bond acceptors (Lipinski definition) is 5. The zero-order valence-electron chi connectivity index (χ0n) is 15.0. The average molecular weight is 417 g/mol. The predicted octanol–water partition coefficient (Wildman–Crippen LogP) is 4.25. The highest BCUT2D eigenvalue weighted by Crippen LogP contribution is 2.38. The Morgan fingerprint density at radius 3 is 2.55 bits per heavy atom. The summed E-state index contributed by atoms with van der Waals surface area (Å²) in [6, 6.07) is 8.67. The maximum atomic E-state index is 13.2. The van der Waals surface area contributed by atoms with Crippen molar-refractivity contribution < 1.29 is 13.2 Å². The van der Waals surface area contributed by atoms with Crippen molar-refractivity contribution in [3.05, 3.63) is 70.5 Å². The van der Waals surface area contributed by atoms with Crippen LogP contribution < -0.4 is 11.4 Å². The van der Waals surface area contributed by atoms with E-state index in [4.69, 9.17) is 5.73 Å². The number of nitrogens with two attached hydrogens (primary N) is 1. The van der Waals surface area contributed by atoms with Crippen molar-refractivity contribution in [3.8, 4) is 11.3 Å². The monoisotopic (exact) mass is 417 g/mol. The van der Waals surface area contributed by atoms with Crippen LogP contribution in [-0.2, 0) is 6.18 Å². The van der Waals surface area contributed by atoms with Crippen LogP contribution in [0.15, 0.2) is 58.6 Å². The maximum Gasteiger partial charge on any atom is 0.417 e. The molecule has 0 saturated carbocycles. The topological polar surface area (TPSA) is 89.6 Å². The smallest absolute Gasteiger partial charge is 0.396 e. The third-order valence-corrected chi connectivity index (χ3v) is 5.23. The standard InChI is InChI=1S/C19H14F3N5OS/c1-10-2-4-12(5-3-10)29-27-9-14(16-15(23)8-25-18(28)26-16)13-6-11(19(20,21)22)7-24-17(13)27/h2-9H,23H2,1H3,(H,25,26,28). The Hall–Kier alpha value is -3.27. The zero-order valence-corrected chi connectivity index (χ0v) is 15.8. The highest BCUT2D eigenvalue weighted by atomic mass is 32.2. The van der Waals surface area contributed by atoms with Crippen LogP contribution in [0.5, 0.6) is 0 Å².